The molecule has 1 aromatic carbocycles. The fourth-order valence-corrected chi connectivity index (χ4v) is 3.89. The number of hydrogen-bond donors (Lipinski definition) is 0. The van der Waals surface area contributed by atoms with Crippen molar-refractivity contribution in [2.45, 2.75) is 26.8 Å². The maximum atomic E-state index is 9.36. The quantitative estimate of drug-likeness (QED) is 0.673. The minimum Gasteiger partial charge on any atom is -0.378 e. The summed E-state index contributed by atoms with van der Waals surface area (Å²) in [5.74, 6) is 1.79. The molecule has 154 valence electrons. The topological polar surface area (TPSA) is 79.3 Å². The standard InChI is InChI=1S/C23H26N6O/c1-15-18(13-24)6-5-7-19(15)16(2)26-23-20-12-22(29-8-10-30-11-9-29)25-14-21(20)28(4)17(3)27-23/h5-7,12,14,16H,8-11H2,1-4H3/b26-23-. The molecule has 7 nitrogen and oxygen atoms in total. The lowest BCUT2D eigenvalue weighted by Crippen LogP contribution is -2.36. The highest BCUT2D eigenvalue weighted by Gasteiger charge is 2.15. The van der Waals surface area contributed by atoms with E-state index in [1.54, 1.807) is 0 Å². The molecule has 0 aliphatic carbocycles. The Hall–Kier alpha value is -3.24. The number of aryl methyl sites for hydroxylation is 2. The SMILES string of the molecule is Cc1c(C#N)cccc1C(C)/N=c1\nc(C)n(C)c2cnc(N3CCOCC3)cc12. The summed E-state index contributed by atoms with van der Waals surface area (Å²) in [6, 6.07) is 10.00. The van der Waals surface area contributed by atoms with E-state index in [0.717, 1.165) is 46.8 Å². The molecule has 30 heavy (non-hydrogen) atoms. The summed E-state index contributed by atoms with van der Waals surface area (Å²) in [6.45, 7) is 9.07. The molecule has 0 amide bonds. The lowest BCUT2D eigenvalue weighted by molar-refractivity contribution is 0.122. The molecule has 1 fully saturated rings. The van der Waals surface area contributed by atoms with Crippen LogP contribution in [0.25, 0.3) is 10.9 Å². The second-order valence-corrected chi connectivity index (χ2v) is 7.64. The molecule has 0 bridgehead atoms. The third kappa shape index (κ3) is 3.66. The molecule has 3 heterocycles. The normalized spacial score (nSPS) is 16.0. The second kappa shape index (κ2) is 8.25. The van der Waals surface area contributed by atoms with Gasteiger partial charge in [0.1, 0.15) is 11.6 Å². The minimum absolute atomic E-state index is 0.124. The number of nitrogens with zero attached hydrogens (tertiary/aromatic N) is 6. The summed E-state index contributed by atoms with van der Waals surface area (Å²) in [6.07, 6.45) is 1.90. The maximum absolute atomic E-state index is 9.36. The first-order valence-corrected chi connectivity index (χ1v) is 10.2. The molecule has 7 heteroatoms. The number of benzene rings is 1. The minimum atomic E-state index is -0.124. The molecule has 1 unspecified atom stereocenters. The Morgan fingerprint density at radius 2 is 2.00 bits per heavy atom. The van der Waals surface area contributed by atoms with Gasteiger partial charge in [-0.25, -0.2) is 9.97 Å². The van der Waals surface area contributed by atoms with Crippen LogP contribution in [0.15, 0.2) is 35.5 Å². The molecule has 1 atom stereocenters. The van der Waals surface area contributed by atoms with Crippen LogP contribution in [0.5, 0.6) is 0 Å². The van der Waals surface area contributed by atoms with E-state index < -0.39 is 0 Å². The monoisotopic (exact) mass is 402 g/mol. The zero-order valence-electron chi connectivity index (χ0n) is 17.9. The maximum Gasteiger partial charge on any atom is 0.159 e. The lowest BCUT2D eigenvalue weighted by Gasteiger charge is -2.28. The van der Waals surface area contributed by atoms with Gasteiger partial charge in [-0.15, -0.1) is 0 Å². The number of aromatic nitrogens is 3. The molecule has 0 saturated carbocycles. The fourth-order valence-electron chi connectivity index (χ4n) is 3.89. The fraction of sp³-hybridized carbons (Fsp3) is 0.391. The molecule has 1 saturated heterocycles. The number of ether oxygens (including phenoxy) is 1. The predicted molar refractivity (Wildman–Crippen MR) is 116 cm³/mol. The van der Waals surface area contributed by atoms with Gasteiger partial charge in [0.25, 0.3) is 0 Å². The Balaban J connectivity index is 1.86. The van der Waals surface area contributed by atoms with Gasteiger partial charge < -0.3 is 14.2 Å². The Labute approximate surface area is 176 Å². The largest absolute Gasteiger partial charge is 0.378 e. The summed E-state index contributed by atoms with van der Waals surface area (Å²) >= 11 is 0. The van der Waals surface area contributed by atoms with Crippen molar-refractivity contribution in [2.24, 2.45) is 12.0 Å². The van der Waals surface area contributed by atoms with Crippen molar-refractivity contribution in [3.8, 4) is 6.07 Å². The molecular weight excluding hydrogens is 376 g/mol. The first kappa shape index (κ1) is 20.0. The first-order valence-electron chi connectivity index (χ1n) is 10.2. The molecule has 0 N–H and O–H groups in total. The van der Waals surface area contributed by atoms with Crippen molar-refractivity contribution in [1.29, 1.82) is 5.26 Å². The summed E-state index contributed by atoms with van der Waals surface area (Å²) in [5, 5.41) is 10.3. The molecule has 0 radical (unpaired) electrons. The van der Waals surface area contributed by atoms with Crippen molar-refractivity contribution in [1.82, 2.24) is 14.5 Å². The molecule has 4 rings (SSSR count). The van der Waals surface area contributed by atoms with Crippen molar-refractivity contribution < 1.29 is 4.74 Å². The van der Waals surface area contributed by atoms with Gasteiger partial charge in [-0.1, -0.05) is 12.1 Å². The van der Waals surface area contributed by atoms with Gasteiger partial charge in [-0.3, -0.25) is 4.99 Å². The van der Waals surface area contributed by atoms with Gasteiger partial charge in [-0.2, -0.15) is 5.26 Å². The van der Waals surface area contributed by atoms with Crippen LogP contribution >= 0.6 is 0 Å². The van der Waals surface area contributed by atoms with Gasteiger partial charge in [-0.05, 0) is 44.0 Å². The number of fused-ring (bicyclic) bond motifs is 1. The zero-order valence-corrected chi connectivity index (χ0v) is 17.9. The van der Waals surface area contributed by atoms with Crippen LogP contribution in [0.4, 0.5) is 5.82 Å². The molecule has 1 aliphatic heterocycles. The predicted octanol–water partition coefficient (Wildman–Crippen LogP) is 2.96. The summed E-state index contributed by atoms with van der Waals surface area (Å²) in [4.78, 5) is 16.7. The van der Waals surface area contributed by atoms with E-state index in [4.69, 9.17) is 19.7 Å². The highest BCUT2D eigenvalue weighted by molar-refractivity contribution is 5.80. The molecule has 3 aromatic rings. The lowest BCUT2D eigenvalue weighted by atomic mass is 9.98. The zero-order chi connectivity index (χ0) is 21.3. The number of hydrogen-bond acceptors (Lipinski definition) is 6. The van der Waals surface area contributed by atoms with Crippen molar-refractivity contribution in [3.63, 3.8) is 0 Å². The van der Waals surface area contributed by atoms with Crippen LogP contribution in [0.3, 0.4) is 0 Å². The van der Waals surface area contributed by atoms with Crippen molar-refractivity contribution >= 4 is 16.7 Å². The number of nitriles is 1. The number of rotatable bonds is 3. The molecule has 2 aromatic heterocycles. The van der Waals surface area contributed by atoms with Gasteiger partial charge in [0.2, 0.25) is 0 Å². The smallest absolute Gasteiger partial charge is 0.159 e. The van der Waals surface area contributed by atoms with Crippen LogP contribution < -0.4 is 10.4 Å². The van der Waals surface area contributed by atoms with E-state index in [-0.39, 0.29) is 6.04 Å². The molecule has 1 aliphatic rings. The molecular formula is C23H26N6O. The number of anilines is 1. The highest BCUT2D eigenvalue weighted by atomic mass is 16.5. The van der Waals surface area contributed by atoms with Gasteiger partial charge >= 0.3 is 0 Å². The third-order valence-electron chi connectivity index (χ3n) is 5.82. The van der Waals surface area contributed by atoms with E-state index in [1.165, 1.54) is 0 Å². The second-order valence-electron chi connectivity index (χ2n) is 7.64. The average molecular weight is 403 g/mol. The Morgan fingerprint density at radius 1 is 1.23 bits per heavy atom. The van der Waals surface area contributed by atoms with Crippen molar-refractivity contribution in [2.75, 3.05) is 31.2 Å². The Bertz CT molecular complexity index is 1200. The van der Waals surface area contributed by atoms with Gasteiger partial charge in [0, 0.05) is 25.5 Å². The Kier molecular flexibility index (Phi) is 5.51. The molecule has 0 spiro atoms. The van der Waals surface area contributed by atoms with E-state index >= 15 is 0 Å². The first-order chi connectivity index (χ1) is 14.5. The van der Waals surface area contributed by atoms with E-state index in [2.05, 4.69) is 17.0 Å². The third-order valence-corrected chi connectivity index (χ3v) is 5.82. The van der Waals surface area contributed by atoms with Crippen LogP contribution in [-0.2, 0) is 11.8 Å². The average Bonchev–Trinajstić information content (AvgIpc) is 2.77. The summed E-state index contributed by atoms with van der Waals surface area (Å²) in [7, 11) is 1.99. The summed E-state index contributed by atoms with van der Waals surface area (Å²) in [5.41, 5.74) is 4.38. The van der Waals surface area contributed by atoms with Crippen LogP contribution in [0, 0.1) is 25.2 Å². The Morgan fingerprint density at radius 3 is 2.73 bits per heavy atom. The van der Waals surface area contributed by atoms with Crippen molar-refractivity contribution in [3.05, 3.63) is 58.5 Å². The van der Waals surface area contributed by atoms with Gasteiger partial charge in [0.05, 0.1) is 42.6 Å². The van der Waals surface area contributed by atoms with Gasteiger partial charge in [0.15, 0.2) is 5.49 Å². The van der Waals surface area contributed by atoms with E-state index in [0.29, 0.717) is 24.3 Å². The van der Waals surface area contributed by atoms with E-state index in [9.17, 15) is 5.26 Å². The number of pyridine rings is 1. The van der Waals surface area contributed by atoms with Crippen LogP contribution in [0.1, 0.15) is 35.5 Å². The number of morpholine rings is 1. The van der Waals surface area contributed by atoms with Crippen LogP contribution in [0.2, 0.25) is 0 Å². The van der Waals surface area contributed by atoms with E-state index in [1.807, 2.05) is 56.8 Å². The van der Waals surface area contributed by atoms with Crippen LogP contribution in [-0.4, -0.2) is 40.8 Å². The highest BCUT2D eigenvalue weighted by Crippen LogP contribution is 2.23. The summed E-state index contributed by atoms with van der Waals surface area (Å²) < 4.78 is 7.51.